The predicted molar refractivity (Wildman–Crippen MR) is 96.8 cm³/mol. The molecule has 1 aromatic carbocycles. The molecule has 0 saturated heterocycles. The summed E-state index contributed by atoms with van der Waals surface area (Å²) in [5.41, 5.74) is 3.13. The SMILES string of the molecule is CCC(CC)(CO)CNC(=O)c1cccc(-c2ccccn2)c1C. The minimum absolute atomic E-state index is 0.0766. The molecule has 0 aliphatic carbocycles. The smallest absolute Gasteiger partial charge is 0.251 e. The number of aromatic nitrogens is 1. The van der Waals surface area contributed by atoms with Crippen molar-refractivity contribution in [1.29, 1.82) is 0 Å². The molecule has 1 amide bonds. The standard InChI is InChI=1S/C20H26N2O2/c1-4-20(5-2,14-23)13-22-19(24)17-10-8-9-16(15(17)3)18-11-6-7-12-21-18/h6-12,23H,4-5,13-14H2,1-3H3,(H,22,24). The second-order valence-electron chi connectivity index (χ2n) is 6.24. The Morgan fingerprint density at radius 2 is 1.92 bits per heavy atom. The van der Waals surface area contributed by atoms with Crippen LogP contribution in [0.4, 0.5) is 0 Å². The van der Waals surface area contributed by atoms with Gasteiger partial charge < -0.3 is 10.4 Å². The lowest BCUT2D eigenvalue weighted by Gasteiger charge is -2.29. The Hall–Kier alpha value is -2.20. The van der Waals surface area contributed by atoms with E-state index in [0.29, 0.717) is 12.1 Å². The number of hydrogen-bond donors (Lipinski definition) is 2. The van der Waals surface area contributed by atoms with Crippen molar-refractivity contribution in [3.05, 3.63) is 53.7 Å². The van der Waals surface area contributed by atoms with Gasteiger partial charge in [0.25, 0.3) is 5.91 Å². The maximum atomic E-state index is 12.6. The monoisotopic (exact) mass is 326 g/mol. The lowest BCUT2D eigenvalue weighted by molar-refractivity contribution is 0.0850. The minimum Gasteiger partial charge on any atom is -0.396 e. The summed E-state index contributed by atoms with van der Waals surface area (Å²) in [6.45, 7) is 6.57. The van der Waals surface area contributed by atoms with Crippen LogP contribution in [0.1, 0.15) is 42.6 Å². The van der Waals surface area contributed by atoms with Crippen LogP contribution in [0, 0.1) is 12.3 Å². The number of amides is 1. The van der Waals surface area contributed by atoms with Gasteiger partial charge in [-0.25, -0.2) is 0 Å². The zero-order valence-electron chi connectivity index (χ0n) is 14.7. The molecule has 0 bridgehead atoms. The van der Waals surface area contributed by atoms with Crippen LogP contribution >= 0.6 is 0 Å². The van der Waals surface area contributed by atoms with Gasteiger partial charge in [-0.3, -0.25) is 9.78 Å². The number of carbonyl (C=O) groups excluding carboxylic acids is 1. The Balaban J connectivity index is 2.22. The normalized spacial score (nSPS) is 11.3. The molecule has 0 radical (unpaired) electrons. The molecular weight excluding hydrogens is 300 g/mol. The van der Waals surface area contributed by atoms with Gasteiger partial charge in [0.05, 0.1) is 12.3 Å². The molecule has 128 valence electrons. The molecule has 2 aromatic rings. The molecule has 0 aliphatic rings. The molecule has 2 rings (SSSR count). The maximum absolute atomic E-state index is 12.6. The zero-order valence-corrected chi connectivity index (χ0v) is 14.7. The number of benzene rings is 1. The van der Waals surface area contributed by atoms with E-state index >= 15 is 0 Å². The van der Waals surface area contributed by atoms with E-state index in [1.54, 1.807) is 6.20 Å². The van der Waals surface area contributed by atoms with Crippen molar-refractivity contribution in [1.82, 2.24) is 10.3 Å². The van der Waals surface area contributed by atoms with Gasteiger partial charge >= 0.3 is 0 Å². The maximum Gasteiger partial charge on any atom is 0.251 e. The first-order valence-corrected chi connectivity index (χ1v) is 8.47. The topological polar surface area (TPSA) is 62.2 Å². The molecule has 1 heterocycles. The van der Waals surface area contributed by atoms with Crippen molar-refractivity contribution in [2.24, 2.45) is 5.41 Å². The Bertz CT molecular complexity index is 671. The molecule has 0 spiro atoms. The van der Waals surface area contributed by atoms with E-state index < -0.39 is 0 Å². The zero-order chi connectivity index (χ0) is 17.6. The number of hydrogen-bond acceptors (Lipinski definition) is 3. The molecule has 0 aliphatic heterocycles. The van der Waals surface area contributed by atoms with Crippen molar-refractivity contribution < 1.29 is 9.90 Å². The first-order valence-electron chi connectivity index (χ1n) is 8.47. The van der Waals surface area contributed by atoms with Gasteiger partial charge in [-0.15, -0.1) is 0 Å². The summed E-state index contributed by atoms with van der Waals surface area (Å²) in [6, 6.07) is 11.4. The van der Waals surface area contributed by atoms with E-state index in [0.717, 1.165) is 29.7 Å². The van der Waals surface area contributed by atoms with E-state index in [9.17, 15) is 9.90 Å². The van der Waals surface area contributed by atoms with Crippen molar-refractivity contribution in [3.8, 4) is 11.3 Å². The Morgan fingerprint density at radius 3 is 2.50 bits per heavy atom. The van der Waals surface area contributed by atoms with Crippen molar-refractivity contribution >= 4 is 5.91 Å². The summed E-state index contributed by atoms with van der Waals surface area (Å²) < 4.78 is 0. The molecule has 0 atom stereocenters. The van der Waals surface area contributed by atoms with Gasteiger partial charge in [0.2, 0.25) is 0 Å². The van der Waals surface area contributed by atoms with Gasteiger partial charge in [-0.05, 0) is 43.5 Å². The second-order valence-corrected chi connectivity index (χ2v) is 6.24. The molecule has 0 fully saturated rings. The summed E-state index contributed by atoms with van der Waals surface area (Å²) in [5.74, 6) is -0.106. The number of nitrogens with zero attached hydrogens (tertiary/aromatic N) is 1. The number of aliphatic hydroxyl groups is 1. The van der Waals surface area contributed by atoms with Crippen LogP contribution in [-0.2, 0) is 0 Å². The van der Waals surface area contributed by atoms with Crippen LogP contribution in [0.15, 0.2) is 42.6 Å². The second kappa shape index (κ2) is 8.06. The van der Waals surface area contributed by atoms with E-state index in [1.807, 2.05) is 57.2 Å². The van der Waals surface area contributed by atoms with Crippen LogP contribution in [0.5, 0.6) is 0 Å². The third-order valence-corrected chi connectivity index (χ3v) is 4.98. The van der Waals surface area contributed by atoms with Crippen LogP contribution in [0.2, 0.25) is 0 Å². The van der Waals surface area contributed by atoms with Crippen LogP contribution in [0.3, 0.4) is 0 Å². The fourth-order valence-corrected chi connectivity index (χ4v) is 2.82. The molecule has 2 N–H and O–H groups in total. The summed E-state index contributed by atoms with van der Waals surface area (Å²) >= 11 is 0. The predicted octanol–water partition coefficient (Wildman–Crippen LogP) is 3.59. The highest BCUT2D eigenvalue weighted by Crippen LogP contribution is 2.26. The lowest BCUT2D eigenvalue weighted by atomic mass is 9.83. The lowest BCUT2D eigenvalue weighted by Crippen LogP contribution is -2.39. The van der Waals surface area contributed by atoms with Crippen molar-refractivity contribution in [2.75, 3.05) is 13.2 Å². The van der Waals surface area contributed by atoms with E-state index in [4.69, 9.17) is 0 Å². The highest BCUT2D eigenvalue weighted by atomic mass is 16.3. The van der Waals surface area contributed by atoms with Crippen LogP contribution < -0.4 is 5.32 Å². The third-order valence-electron chi connectivity index (χ3n) is 4.98. The van der Waals surface area contributed by atoms with E-state index in [2.05, 4.69) is 10.3 Å². The first-order chi connectivity index (χ1) is 11.6. The number of rotatable bonds is 7. The quantitative estimate of drug-likeness (QED) is 0.817. The van der Waals surface area contributed by atoms with Gasteiger partial charge in [0, 0.05) is 29.3 Å². The average Bonchev–Trinajstić information content (AvgIpc) is 2.64. The number of carbonyl (C=O) groups is 1. The molecule has 24 heavy (non-hydrogen) atoms. The largest absolute Gasteiger partial charge is 0.396 e. The molecule has 1 aromatic heterocycles. The molecule has 4 heteroatoms. The molecule has 4 nitrogen and oxygen atoms in total. The van der Waals surface area contributed by atoms with Crippen LogP contribution in [-0.4, -0.2) is 29.1 Å². The fraction of sp³-hybridized carbons (Fsp3) is 0.400. The summed E-state index contributed by atoms with van der Waals surface area (Å²) in [4.78, 5) is 17.0. The summed E-state index contributed by atoms with van der Waals surface area (Å²) in [7, 11) is 0. The first kappa shape index (κ1) is 18.1. The summed E-state index contributed by atoms with van der Waals surface area (Å²) in [6.07, 6.45) is 3.40. The number of nitrogens with one attached hydrogen (secondary N) is 1. The summed E-state index contributed by atoms with van der Waals surface area (Å²) in [5, 5.41) is 12.6. The Kier molecular flexibility index (Phi) is 6.10. The number of aliphatic hydroxyl groups excluding tert-OH is 1. The fourth-order valence-electron chi connectivity index (χ4n) is 2.82. The van der Waals surface area contributed by atoms with Gasteiger partial charge in [-0.1, -0.05) is 32.0 Å². The highest BCUT2D eigenvalue weighted by molar-refractivity contribution is 5.97. The van der Waals surface area contributed by atoms with Crippen molar-refractivity contribution in [3.63, 3.8) is 0 Å². The highest BCUT2D eigenvalue weighted by Gasteiger charge is 2.26. The average molecular weight is 326 g/mol. The molecular formula is C20H26N2O2. The Labute approximate surface area is 143 Å². The minimum atomic E-state index is -0.248. The number of pyridine rings is 1. The van der Waals surface area contributed by atoms with E-state index in [1.165, 1.54) is 0 Å². The molecule has 0 unspecified atom stereocenters. The van der Waals surface area contributed by atoms with Gasteiger partial charge in [0.1, 0.15) is 0 Å². The van der Waals surface area contributed by atoms with Crippen LogP contribution in [0.25, 0.3) is 11.3 Å². The van der Waals surface area contributed by atoms with Gasteiger partial charge in [-0.2, -0.15) is 0 Å². The molecule has 0 saturated carbocycles. The Morgan fingerprint density at radius 1 is 1.17 bits per heavy atom. The van der Waals surface area contributed by atoms with Gasteiger partial charge in [0.15, 0.2) is 0 Å². The third kappa shape index (κ3) is 3.82. The van der Waals surface area contributed by atoms with Crippen molar-refractivity contribution in [2.45, 2.75) is 33.6 Å². The van der Waals surface area contributed by atoms with E-state index in [-0.39, 0.29) is 17.9 Å².